The Balaban J connectivity index is 2.87. The van der Waals surface area contributed by atoms with Gasteiger partial charge in [-0.3, -0.25) is 0 Å². The lowest BCUT2D eigenvalue weighted by Crippen LogP contribution is -2.35. The van der Waals surface area contributed by atoms with Gasteiger partial charge in [0, 0.05) is 5.56 Å². The molecule has 0 saturated heterocycles. The van der Waals surface area contributed by atoms with Gasteiger partial charge in [-0.2, -0.15) is 13.2 Å². The molecule has 0 radical (unpaired) electrons. The molecule has 0 aliphatic rings. The molecule has 1 rings (SSSR count). The van der Waals surface area contributed by atoms with Gasteiger partial charge in [0.25, 0.3) is 0 Å². The summed E-state index contributed by atoms with van der Waals surface area (Å²) in [6.07, 6.45) is -2.22. The third kappa shape index (κ3) is 4.41. The molecule has 1 aromatic rings. The van der Waals surface area contributed by atoms with E-state index in [9.17, 15) is 13.2 Å². The highest BCUT2D eigenvalue weighted by atomic mass is 19.4. The molecule has 2 nitrogen and oxygen atoms in total. The fourth-order valence-corrected chi connectivity index (χ4v) is 1.30. The number of nitrogens with two attached hydrogens (primary N) is 1. The van der Waals surface area contributed by atoms with Crippen LogP contribution in [-0.4, -0.2) is 18.3 Å². The van der Waals surface area contributed by atoms with Gasteiger partial charge in [0.1, 0.15) is 11.8 Å². The van der Waals surface area contributed by atoms with Crippen LogP contribution < -0.4 is 10.5 Å². The van der Waals surface area contributed by atoms with Crippen molar-refractivity contribution in [3.8, 4) is 5.75 Å². The van der Waals surface area contributed by atoms with Crippen LogP contribution in [0.15, 0.2) is 30.3 Å². The van der Waals surface area contributed by atoms with Gasteiger partial charge in [-0.1, -0.05) is 30.4 Å². The molecule has 0 aliphatic carbocycles. The van der Waals surface area contributed by atoms with Crippen molar-refractivity contribution in [2.24, 2.45) is 5.73 Å². The summed E-state index contributed by atoms with van der Waals surface area (Å²) in [7, 11) is 0. The Hall–Kier alpha value is -1.49. The summed E-state index contributed by atoms with van der Waals surface area (Å²) >= 11 is 0. The van der Waals surface area contributed by atoms with Gasteiger partial charge in [0.15, 0.2) is 0 Å². The molecule has 0 heterocycles. The van der Waals surface area contributed by atoms with Gasteiger partial charge in [-0.25, -0.2) is 0 Å². The van der Waals surface area contributed by atoms with Gasteiger partial charge < -0.3 is 10.5 Å². The lowest BCUT2D eigenvalue weighted by Gasteiger charge is -2.13. The van der Waals surface area contributed by atoms with Gasteiger partial charge in [-0.05, 0) is 19.9 Å². The van der Waals surface area contributed by atoms with Crippen molar-refractivity contribution < 1.29 is 17.9 Å². The Morgan fingerprint density at radius 1 is 1.22 bits per heavy atom. The van der Waals surface area contributed by atoms with E-state index in [1.54, 1.807) is 24.3 Å². The molecule has 100 valence electrons. The van der Waals surface area contributed by atoms with Crippen LogP contribution >= 0.6 is 0 Å². The van der Waals surface area contributed by atoms with Crippen molar-refractivity contribution in [2.75, 3.05) is 0 Å². The summed E-state index contributed by atoms with van der Waals surface area (Å²) in [4.78, 5) is 0. The quantitative estimate of drug-likeness (QED) is 0.899. The average molecular weight is 259 g/mol. The zero-order chi connectivity index (χ0) is 13.8. The SMILES string of the molecule is CC(C)Oc1ccccc1C=C[C@H](N)C(F)(F)F. The number of ether oxygens (including phenoxy) is 1. The molecule has 1 aromatic carbocycles. The number of hydrogen-bond donors (Lipinski definition) is 1. The monoisotopic (exact) mass is 259 g/mol. The Morgan fingerprint density at radius 3 is 2.39 bits per heavy atom. The average Bonchev–Trinajstić information content (AvgIpc) is 2.25. The molecule has 18 heavy (non-hydrogen) atoms. The van der Waals surface area contributed by atoms with Crippen molar-refractivity contribution in [3.63, 3.8) is 0 Å². The molecule has 0 aromatic heterocycles. The molecule has 2 N–H and O–H groups in total. The van der Waals surface area contributed by atoms with E-state index in [-0.39, 0.29) is 6.10 Å². The van der Waals surface area contributed by atoms with Crippen molar-refractivity contribution in [3.05, 3.63) is 35.9 Å². The van der Waals surface area contributed by atoms with Gasteiger partial charge in [-0.15, -0.1) is 0 Å². The highest BCUT2D eigenvalue weighted by Crippen LogP contribution is 2.23. The van der Waals surface area contributed by atoms with Crippen LogP contribution in [0, 0.1) is 0 Å². The van der Waals surface area contributed by atoms with E-state index >= 15 is 0 Å². The molecule has 5 heteroatoms. The maximum Gasteiger partial charge on any atom is 0.407 e. The maximum atomic E-state index is 12.3. The second-order valence-corrected chi connectivity index (χ2v) is 4.13. The van der Waals surface area contributed by atoms with Gasteiger partial charge in [0.2, 0.25) is 0 Å². The first-order chi connectivity index (χ1) is 8.30. The fourth-order valence-electron chi connectivity index (χ4n) is 1.30. The van der Waals surface area contributed by atoms with Crippen molar-refractivity contribution in [1.82, 2.24) is 0 Å². The lowest BCUT2D eigenvalue weighted by atomic mass is 10.1. The van der Waals surface area contributed by atoms with Crippen molar-refractivity contribution in [2.45, 2.75) is 32.2 Å². The van der Waals surface area contributed by atoms with E-state index in [0.29, 0.717) is 11.3 Å². The van der Waals surface area contributed by atoms with E-state index in [4.69, 9.17) is 10.5 Å². The topological polar surface area (TPSA) is 35.2 Å². The summed E-state index contributed by atoms with van der Waals surface area (Å²) in [5.74, 6) is 0.540. The summed E-state index contributed by atoms with van der Waals surface area (Å²) in [5, 5.41) is 0. The van der Waals surface area contributed by atoms with E-state index in [1.807, 2.05) is 13.8 Å². The first-order valence-electron chi connectivity index (χ1n) is 5.57. The van der Waals surface area contributed by atoms with E-state index in [1.165, 1.54) is 6.08 Å². The Morgan fingerprint density at radius 2 is 1.83 bits per heavy atom. The molecule has 0 unspecified atom stereocenters. The Labute approximate surface area is 104 Å². The van der Waals surface area contributed by atoms with Gasteiger partial charge in [0.05, 0.1) is 6.10 Å². The number of benzene rings is 1. The Bertz CT molecular complexity index is 413. The maximum absolute atomic E-state index is 12.3. The van der Waals surface area contributed by atoms with Crippen LogP contribution in [-0.2, 0) is 0 Å². The molecule has 0 amide bonds. The fraction of sp³-hybridized carbons (Fsp3) is 0.385. The predicted molar refractivity (Wildman–Crippen MR) is 65.3 cm³/mol. The van der Waals surface area contributed by atoms with Crippen LogP contribution in [0.2, 0.25) is 0 Å². The second-order valence-electron chi connectivity index (χ2n) is 4.13. The van der Waals surface area contributed by atoms with Crippen LogP contribution in [0.25, 0.3) is 6.08 Å². The van der Waals surface area contributed by atoms with E-state index in [0.717, 1.165) is 6.08 Å². The molecule has 0 saturated carbocycles. The second kappa shape index (κ2) is 5.91. The van der Waals surface area contributed by atoms with Crippen molar-refractivity contribution >= 4 is 6.08 Å². The molecule has 1 atom stereocenters. The summed E-state index contributed by atoms with van der Waals surface area (Å²) in [6.45, 7) is 3.70. The first-order valence-corrected chi connectivity index (χ1v) is 5.57. The van der Waals surface area contributed by atoms with Crippen LogP contribution in [0.5, 0.6) is 5.75 Å². The van der Waals surface area contributed by atoms with Crippen LogP contribution in [0.3, 0.4) is 0 Å². The summed E-state index contributed by atoms with van der Waals surface area (Å²) in [6, 6.07) is 4.91. The smallest absolute Gasteiger partial charge is 0.407 e. The minimum absolute atomic E-state index is 0.0455. The highest BCUT2D eigenvalue weighted by Gasteiger charge is 2.34. The third-order valence-corrected chi connectivity index (χ3v) is 2.14. The van der Waals surface area contributed by atoms with E-state index < -0.39 is 12.2 Å². The predicted octanol–water partition coefficient (Wildman–Crippen LogP) is 3.38. The largest absolute Gasteiger partial charge is 0.490 e. The lowest BCUT2D eigenvalue weighted by molar-refractivity contribution is -0.136. The number of hydrogen-bond acceptors (Lipinski definition) is 2. The standard InChI is InChI=1S/C13H16F3NO/c1-9(2)18-11-6-4-3-5-10(11)7-8-12(17)13(14,15)16/h3-9,12H,17H2,1-2H3/t12-/m0/s1. The third-order valence-electron chi connectivity index (χ3n) is 2.14. The zero-order valence-electron chi connectivity index (χ0n) is 10.2. The minimum atomic E-state index is -4.43. The van der Waals surface area contributed by atoms with Crippen LogP contribution in [0.1, 0.15) is 19.4 Å². The minimum Gasteiger partial charge on any atom is -0.490 e. The highest BCUT2D eigenvalue weighted by molar-refractivity contribution is 5.57. The number of para-hydroxylation sites is 1. The van der Waals surface area contributed by atoms with Crippen LogP contribution in [0.4, 0.5) is 13.2 Å². The molecule has 0 fully saturated rings. The first kappa shape index (κ1) is 14.6. The molecule has 0 aliphatic heterocycles. The summed E-state index contributed by atoms with van der Waals surface area (Å²) < 4.78 is 42.3. The molecule has 0 bridgehead atoms. The summed E-state index contributed by atoms with van der Waals surface area (Å²) in [5.41, 5.74) is 5.57. The molecular formula is C13H16F3NO. The van der Waals surface area contributed by atoms with Crippen molar-refractivity contribution in [1.29, 1.82) is 0 Å². The molecular weight excluding hydrogens is 243 g/mol. The van der Waals surface area contributed by atoms with E-state index in [2.05, 4.69) is 0 Å². The Kier molecular flexibility index (Phi) is 4.78. The van der Waals surface area contributed by atoms with Gasteiger partial charge >= 0.3 is 6.18 Å². The number of halogens is 3. The molecule has 0 spiro atoms. The zero-order valence-corrected chi connectivity index (χ0v) is 10.2. The number of rotatable bonds is 4. The number of alkyl halides is 3. The normalized spacial score (nSPS) is 14.2.